The fraction of sp³-hybridized carbons (Fsp3) is 0.391. The van der Waals surface area contributed by atoms with Crippen LogP contribution >= 0.6 is 0 Å². The van der Waals surface area contributed by atoms with Crippen molar-refractivity contribution in [1.82, 2.24) is 10.2 Å². The first-order valence-electron chi connectivity index (χ1n) is 9.98. The molecule has 6 nitrogen and oxygen atoms in total. The third-order valence-corrected chi connectivity index (χ3v) is 5.26. The van der Waals surface area contributed by atoms with E-state index in [-0.39, 0.29) is 17.9 Å². The van der Waals surface area contributed by atoms with Gasteiger partial charge in [0, 0.05) is 30.6 Å². The van der Waals surface area contributed by atoms with E-state index in [0.717, 1.165) is 36.4 Å². The van der Waals surface area contributed by atoms with E-state index in [1.807, 2.05) is 41.3 Å². The highest BCUT2D eigenvalue weighted by molar-refractivity contribution is 5.94. The topological polar surface area (TPSA) is 67.9 Å². The maximum Gasteiger partial charge on any atom is 0.251 e. The van der Waals surface area contributed by atoms with Crippen molar-refractivity contribution in [3.8, 4) is 11.5 Å². The number of rotatable bonds is 8. The summed E-state index contributed by atoms with van der Waals surface area (Å²) in [6.45, 7) is 1.21. The van der Waals surface area contributed by atoms with Gasteiger partial charge in [0.15, 0.2) is 0 Å². The molecule has 0 saturated carbocycles. The lowest BCUT2D eigenvalue weighted by Crippen LogP contribution is -2.32. The highest BCUT2D eigenvalue weighted by Gasteiger charge is 2.31. The van der Waals surface area contributed by atoms with Gasteiger partial charge in [0.05, 0.1) is 20.3 Å². The van der Waals surface area contributed by atoms with Gasteiger partial charge < -0.3 is 19.7 Å². The van der Waals surface area contributed by atoms with Crippen LogP contribution in [0.25, 0.3) is 0 Å². The summed E-state index contributed by atoms with van der Waals surface area (Å²) in [4.78, 5) is 26.8. The maximum absolute atomic E-state index is 12.8. The second kappa shape index (κ2) is 9.96. The number of ether oxygens (including phenoxy) is 2. The molecule has 1 saturated heterocycles. The Morgan fingerprint density at radius 3 is 2.62 bits per heavy atom. The van der Waals surface area contributed by atoms with E-state index in [2.05, 4.69) is 5.32 Å². The largest absolute Gasteiger partial charge is 0.497 e. The molecule has 0 spiro atoms. The van der Waals surface area contributed by atoms with Gasteiger partial charge in [-0.15, -0.1) is 0 Å². The van der Waals surface area contributed by atoms with E-state index in [1.165, 1.54) is 0 Å². The Morgan fingerprint density at radius 2 is 1.90 bits per heavy atom. The van der Waals surface area contributed by atoms with Crippen molar-refractivity contribution in [3.05, 3.63) is 59.7 Å². The summed E-state index contributed by atoms with van der Waals surface area (Å²) in [5.74, 6) is 1.51. The van der Waals surface area contributed by atoms with E-state index in [0.29, 0.717) is 24.9 Å². The highest BCUT2D eigenvalue weighted by atomic mass is 16.5. The van der Waals surface area contributed by atoms with Gasteiger partial charge in [-0.25, -0.2) is 0 Å². The van der Waals surface area contributed by atoms with Crippen LogP contribution in [0.15, 0.2) is 48.5 Å². The van der Waals surface area contributed by atoms with Crippen LogP contribution in [-0.2, 0) is 4.79 Å². The summed E-state index contributed by atoms with van der Waals surface area (Å²) < 4.78 is 10.9. The number of hydrogen-bond donors (Lipinski definition) is 1. The molecule has 3 rings (SSSR count). The van der Waals surface area contributed by atoms with Gasteiger partial charge in [-0.2, -0.15) is 0 Å². The number of nitrogens with one attached hydrogen (secondary N) is 1. The van der Waals surface area contributed by atoms with Crippen LogP contribution in [0.5, 0.6) is 11.5 Å². The molecule has 1 aliphatic heterocycles. The monoisotopic (exact) mass is 396 g/mol. The van der Waals surface area contributed by atoms with E-state index >= 15 is 0 Å². The van der Waals surface area contributed by atoms with Gasteiger partial charge >= 0.3 is 0 Å². The second-order valence-electron chi connectivity index (χ2n) is 7.08. The first-order chi connectivity index (χ1) is 14.1. The quantitative estimate of drug-likeness (QED) is 0.693. The molecule has 1 heterocycles. The van der Waals surface area contributed by atoms with Crippen LogP contribution in [0.3, 0.4) is 0 Å². The average molecular weight is 396 g/mol. The summed E-state index contributed by atoms with van der Waals surface area (Å²) in [6.07, 6.45) is 2.87. The Kier molecular flexibility index (Phi) is 7.11. The zero-order chi connectivity index (χ0) is 20.6. The van der Waals surface area contributed by atoms with Gasteiger partial charge in [-0.3, -0.25) is 9.59 Å². The van der Waals surface area contributed by atoms with Gasteiger partial charge in [0.25, 0.3) is 5.91 Å². The molecule has 2 aromatic rings. The predicted octanol–water partition coefficient (Wildman–Crippen LogP) is 3.58. The predicted molar refractivity (Wildman–Crippen MR) is 111 cm³/mol. The summed E-state index contributed by atoms with van der Waals surface area (Å²) in [5.41, 5.74) is 1.61. The Balaban J connectivity index is 1.56. The Bertz CT molecular complexity index is 838. The molecule has 1 atom stereocenters. The lowest BCUT2D eigenvalue weighted by atomic mass is 10.0. The van der Waals surface area contributed by atoms with Gasteiger partial charge in [-0.05, 0) is 49.6 Å². The first-order valence-corrected chi connectivity index (χ1v) is 9.98. The number of likely N-dealkylation sites (tertiary alicyclic amines) is 1. The molecule has 2 aromatic carbocycles. The molecule has 6 heteroatoms. The minimum Gasteiger partial charge on any atom is -0.497 e. The fourth-order valence-corrected chi connectivity index (χ4v) is 3.77. The van der Waals surface area contributed by atoms with Crippen LogP contribution in [-0.4, -0.2) is 44.0 Å². The van der Waals surface area contributed by atoms with Crippen LogP contribution in [0.1, 0.15) is 47.6 Å². The molecule has 1 aliphatic rings. The van der Waals surface area contributed by atoms with Crippen LogP contribution < -0.4 is 14.8 Å². The zero-order valence-corrected chi connectivity index (χ0v) is 17.0. The first kappa shape index (κ1) is 20.7. The molecule has 0 aliphatic carbocycles. The normalized spacial score (nSPS) is 15.8. The molecule has 1 fully saturated rings. The summed E-state index contributed by atoms with van der Waals surface area (Å²) in [6, 6.07) is 14.8. The number of carbonyl (C=O) groups excluding carboxylic acids is 2. The molecule has 0 bridgehead atoms. The van der Waals surface area contributed by atoms with Crippen molar-refractivity contribution in [3.63, 3.8) is 0 Å². The Morgan fingerprint density at radius 1 is 1.10 bits per heavy atom. The molecule has 2 amide bonds. The number of hydrogen-bond acceptors (Lipinski definition) is 4. The van der Waals surface area contributed by atoms with Crippen LogP contribution in [0.2, 0.25) is 0 Å². The molecule has 1 unspecified atom stereocenters. The standard InChI is InChI=1S/C23H28N2O4/c1-28-18-12-13-21(29-2)19(16-18)20-10-7-15-25(20)22(26)11-6-14-24-23(27)17-8-4-3-5-9-17/h3-5,8-9,12-13,16,20H,6-7,10-11,14-15H2,1-2H3,(H,24,27). The van der Waals surface area contributed by atoms with Gasteiger partial charge in [0.1, 0.15) is 11.5 Å². The van der Waals surface area contributed by atoms with Crippen molar-refractivity contribution >= 4 is 11.8 Å². The number of nitrogens with zero attached hydrogens (tertiary/aromatic N) is 1. The van der Waals surface area contributed by atoms with E-state index in [1.54, 1.807) is 26.4 Å². The van der Waals surface area contributed by atoms with Crippen molar-refractivity contribution in [2.45, 2.75) is 31.7 Å². The Hall–Kier alpha value is -3.02. The Labute approximate surface area is 171 Å². The number of amides is 2. The lowest BCUT2D eigenvalue weighted by molar-refractivity contribution is -0.132. The molecular formula is C23H28N2O4. The minimum absolute atomic E-state index is 0.00791. The number of carbonyl (C=O) groups is 2. The molecule has 0 radical (unpaired) electrons. The molecule has 0 aromatic heterocycles. The number of benzene rings is 2. The smallest absolute Gasteiger partial charge is 0.251 e. The molecule has 154 valence electrons. The van der Waals surface area contributed by atoms with Crippen molar-refractivity contribution in [2.75, 3.05) is 27.3 Å². The highest BCUT2D eigenvalue weighted by Crippen LogP contribution is 2.39. The van der Waals surface area contributed by atoms with Gasteiger partial charge in [-0.1, -0.05) is 18.2 Å². The van der Waals surface area contributed by atoms with Crippen molar-refractivity contribution < 1.29 is 19.1 Å². The van der Waals surface area contributed by atoms with Gasteiger partial charge in [0.2, 0.25) is 5.91 Å². The molecule has 1 N–H and O–H groups in total. The average Bonchev–Trinajstić information content (AvgIpc) is 3.26. The lowest BCUT2D eigenvalue weighted by Gasteiger charge is -2.27. The SMILES string of the molecule is COc1ccc(OC)c(C2CCCN2C(=O)CCCNC(=O)c2ccccc2)c1. The maximum atomic E-state index is 12.8. The third kappa shape index (κ3) is 5.08. The summed E-state index contributed by atoms with van der Waals surface area (Å²) in [7, 11) is 3.27. The summed E-state index contributed by atoms with van der Waals surface area (Å²) >= 11 is 0. The van der Waals surface area contributed by atoms with Crippen LogP contribution in [0.4, 0.5) is 0 Å². The van der Waals surface area contributed by atoms with E-state index in [9.17, 15) is 9.59 Å². The zero-order valence-electron chi connectivity index (χ0n) is 17.0. The second-order valence-corrected chi connectivity index (χ2v) is 7.08. The van der Waals surface area contributed by atoms with E-state index < -0.39 is 0 Å². The van der Waals surface area contributed by atoms with Crippen molar-refractivity contribution in [1.29, 1.82) is 0 Å². The third-order valence-electron chi connectivity index (χ3n) is 5.26. The molecular weight excluding hydrogens is 368 g/mol. The van der Waals surface area contributed by atoms with Crippen LogP contribution in [0, 0.1) is 0 Å². The fourth-order valence-electron chi connectivity index (χ4n) is 3.77. The van der Waals surface area contributed by atoms with Crippen molar-refractivity contribution in [2.24, 2.45) is 0 Å². The molecule has 29 heavy (non-hydrogen) atoms. The number of methoxy groups -OCH3 is 2. The minimum atomic E-state index is -0.113. The summed E-state index contributed by atoms with van der Waals surface area (Å²) in [5, 5.41) is 2.87. The van der Waals surface area contributed by atoms with E-state index in [4.69, 9.17) is 9.47 Å².